The lowest BCUT2D eigenvalue weighted by Gasteiger charge is -2.37. The van der Waals surface area contributed by atoms with Crippen molar-refractivity contribution in [3.63, 3.8) is 0 Å². The molecular formula is C22H30N4O3. The van der Waals surface area contributed by atoms with Crippen molar-refractivity contribution in [2.45, 2.75) is 76.7 Å². The maximum Gasteiger partial charge on any atom is 0.255 e. The lowest BCUT2D eigenvalue weighted by molar-refractivity contribution is -0.136. The Morgan fingerprint density at radius 2 is 1.97 bits per heavy atom. The minimum Gasteiger partial charge on any atom is -0.326 e. The highest BCUT2D eigenvalue weighted by Crippen LogP contribution is 2.38. The zero-order valence-corrected chi connectivity index (χ0v) is 17.2. The third kappa shape index (κ3) is 3.36. The van der Waals surface area contributed by atoms with Crippen LogP contribution in [0.15, 0.2) is 18.2 Å². The zero-order valence-electron chi connectivity index (χ0n) is 17.2. The number of amides is 3. The third-order valence-corrected chi connectivity index (χ3v) is 7.12. The maximum atomic E-state index is 13.0. The number of hydrogen-bond acceptors (Lipinski definition) is 5. The average Bonchev–Trinajstić information content (AvgIpc) is 3.20. The first-order chi connectivity index (χ1) is 13.9. The normalized spacial score (nSPS) is 26.7. The van der Waals surface area contributed by atoms with Crippen LogP contribution in [-0.4, -0.2) is 51.7 Å². The van der Waals surface area contributed by atoms with Gasteiger partial charge in [0.1, 0.15) is 6.04 Å². The highest BCUT2D eigenvalue weighted by molar-refractivity contribution is 6.05. The van der Waals surface area contributed by atoms with E-state index in [-0.39, 0.29) is 35.7 Å². The molecule has 2 atom stereocenters. The van der Waals surface area contributed by atoms with Crippen LogP contribution in [0.1, 0.15) is 67.4 Å². The molecule has 7 heteroatoms. The summed E-state index contributed by atoms with van der Waals surface area (Å²) in [5.41, 5.74) is 9.23. The molecule has 1 aromatic carbocycles. The second-order valence-electron chi connectivity index (χ2n) is 8.62. The van der Waals surface area contributed by atoms with Gasteiger partial charge < -0.3 is 10.6 Å². The topological polar surface area (TPSA) is 95.7 Å². The molecule has 0 aliphatic carbocycles. The van der Waals surface area contributed by atoms with Gasteiger partial charge in [-0.1, -0.05) is 26.0 Å². The van der Waals surface area contributed by atoms with Crippen molar-refractivity contribution in [3.05, 3.63) is 34.9 Å². The fourth-order valence-electron chi connectivity index (χ4n) is 5.38. The van der Waals surface area contributed by atoms with Gasteiger partial charge in [-0.25, -0.2) is 0 Å². The van der Waals surface area contributed by atoms with Crippen LogP contribution in [0, 0.1) is 0 Å². The number of likely N-dealkylation sites (tertiary alicyclic amines) is 1. The Bertz CT molecular complexity index is 848. The van der Waals surface area contributed by atoms with E-state index < -0.39 is 6.04 Å². The zero-order chi connectivity index (χ0) is 20.8. The molecule has 0 saturated carbocycles. The fourth-order valence-corrected chi connectivity index (χ4v) is 5.38. The number of fused-ring (bicyclic) bond motifs is 1. The molecule has 7 nitrogen and oxygen atoms in total. The summed E-state index contributed by atoms with van der Waals surface area (Å²) in [6, 6.07) is 5.45. The Hall–Kier alpha value is -2.25. The van der Waals surface area contributed by atoms with Crippen LogP contribution >= 0.6 is 0 Å². The van der Waals surface area contributed by atoms with Gasteiger partial charge in [-0.05, 0) is 42.9 Å². The molecule has 2 saturated heterocycles. The van der Waals surface area contributed by atoms with E-state index in [0.717, 1.165) is 43.5 Å². The minimum atomic E-state index is -0.578. The molecule has 0 aromatic heterocycles. The molecule has 156 valence electrons. The first kappa shape index (κ1) is 20.0. The van der Waals surface area contributed by atoms with E-state index in [1.165, 1.54) is 0 Å². The lowest BCUT2D eigenvalue weighted by Crippen LogP contribution is -2.52. The van der Waals surface area contributed by atoms with E-state index in [1.807, 2.05) is 12.1 Å². The summed E-state index contributed by atoms with van der Waals surface area (Å²) in [6.45, 7) is 6.48. The number of rotatable bonds is 5. The van der Waals surface area contributed by atoms with E-state index >= 15 is 0 Å². The molecule has 1 aromatic rings. The lowest BCUT2D eigenvalue weighted by atomic mass is 9.88. The number of nitrogens with two attached hydrogens (primary N) is 1. The third-order valence-electron chi connectivity index (χ3n) is 7.12. The molecule has 3 N–H and O–H groups in total. The largest absolute Gasteiger partial charge is 0.326 e. The van der Waals surface area contributed by atoms with Crippen LogP contribution in [0.25, 0.3) is 0 Å². The monoisotopic (exact) mass is 398 g/mol. The van der Waals surface area contributed by atoms with Crippen molar-refractivity contribution in [2.75, 3.05) is 6.54 Å². The number of nitrogens with one attached hydrogen (secondary N) is 1. The van der Waals surface area contributed by atoms with Gasteiger partial charge in [0.15, 0.2) is 0 Å². The number of hydrogen-bond donors (Lipinski definition) is 2. The fraction of sp³-hybridized carbons (Fsp3) is 0.591. The van der Waals surface area contributed by atoms with E-state index in [9.17, 15) is 14.4 Å². The number of carbonyl (C=O) groups excluding carboxylic acids is 3. The predicted molar refractivity (Wildman–Crippen MR) is 109 cm³/mol. The van der Waals surface area contributed by atoms with E-state index in [0.29, 0.717) is 18.5 Å². The Morgan fingerprint density at radius 3 is 2.66 bits per heavy atom. The second-order valence-corrected chi connectivity index (χ2v) is 8.62. The van der Waals surface area contributed by atoms with Gasteiger partial charge in [0.05, 0.1) is 0 Å². The molecule has 3 aliphatic heterocycles. The number of imide groups is 1. The van der Waals surface area contributed by atoms with Gasteiger partial charge >= 0.3 is 0 Å². The molecule has 3 heterocycles. The van der Waals surface area contributed by atoms with Gasteiger partial charge in [-0.15, -0.1) is 0 Å². The second kappa shape index (κ2) is 7.54. The highest BCUT2D eigenvalue weighted by atomic mass is 16.2. The van der Waals surface area contributed by atoms with Crippen LogP contribution in [-0.2, 0) is 22.7 Å². The van der Waals surface area contributed by atoms with Crippen molar-refractivity contribution >= 4 is 17.7 Å². The van der Waals surface area contributed by atoms with Crippen molar-refractivity contribution in [1.82, 2.24) is 15.1 Å². The van der Waals surface area contributed by atoms with Gasteiger partial charge in [0.25, 0.3) is 5.91 Å². The average molecular weight is 399 g/mol. The summed E-state index contributed by atoms with van der Waals surface area (Å²) in [5.74, 6) is -0.755. The van der Waals surface area contributed by atoms with Crippen molar-refractivity contribution < 1.29 is 14.4 Å². The molecule has 2 unspecified atom stereocenters. The summed E-state index contributed by atoms with van der Waals surface area (Å²) in [4.78, 5) is 40.9. The van der Waals surface area contributed by atoms with Crippen LogP contribution in [0.5, 0.6) is 0 Å². The molecular weight excluding hydrogens is 368 g/mol. The van der Waals surface area contributed by atoms with Crippen molar-refractivity contribution in [2.24, 2.45) is 5.73 Å². The molecule has 3 aliphatic rings. The minimum absolute atomic E-state index is 0.105. The quantitative estimate of drug-likeness (QED) is 0.734. The number of benzene rings is 1. The highest BCUT2D eigenvalue weighted by Gasteiger charge is 2.43. The van der Waals surface area contributed by atoms with Crippen LogP contribution < -0.4 is 11.1 Å². The standard InChI is InChI=1S/C22H30N4O3/c1-3-22(4-2)10-15(23)12-25(22)11-14-6-5-7-16-17(14)13-26(21(16)29)18-8-9-19(27)24-20(18)28/h5-7,15,18H,3-4,8-13,23H2,1-2H3,(H,24,27,28). The van der Waals surface area contributed by atoms with Crippen LogP contribution in [0.3, 0.4) is 0 Å². The molecule has 3 amide bonds. The van der Waals surface area contributed by atoms with Gasteiger partial charge in [0.2, 0.25) is 11.8 Å². The molecule has 2 fully saturated rings. The number of piperidine rings is 1. The summed E-state index contributed by atoms with van der Waals surface area (Å²) >= 11 is 0. The van der Waals surface area contributed by atoms with E-state index in [1.54, 1.807) is 4.90 Å². The Kier molecular flexibility index (Phi) is 5.21. The van der Waals surface area contributed by atoms with Gasteiger partial charge in [-0.3, -0.25) is 24.6 Å². The van der Waals surface area contributed by atoms with Gasteiger partial charge in [0, 0.05) is 43.2 Å². The summed E-state index contributed by atoms with van der Waals surface area (Å²) in [6.07, 6.45) is 3.75. The molecule has 0 radical (unpaired) electrons. The summed E-state index contributed by atoms with van der Waals surface area (Å²) in [5, 5.41) is 2.36. The Balaban J connectivity index is 1.59. The smallest absolute Gasteiger partial charge is 0.255 e. The first-order valence-electron chi connectivity index (χ1n) is 10.6. The Labute approximate surface area is 171 Å². The molecule has 29 heavy (non-hydrogen) atoms. The van der Waals surface area contributed by atoms with Crippen molar-refractivity contribution in [1.29, 1.82) is 0 Å². The predicted octanol–water partition coefficient (Wildman–Crippen LogP) is 1.54. The van der Waals surface area contributed by atoms with Gasteiger partial charge in [-0.2, -0.15) is 0 Å². The summed E-state index contributed by atoms with van der Waals surface area (Å²) < 4.78 is 0. The van der Waals surface area contributed by atoms with E-state index in [2.05, 4.69) is 30.1 Å². The van der Waals surface area contributed by atoms with E-state index in [4.69, 9.17) is 5.73 Å². The number of carbonyl (C=O) groups is 3. The Morgan fingerprint density at radius 1 is 1.21 bits per heavy atom. The maximum absolute atomic E-state index is 13.0. The summed E-state index contributed by atoms with van der Waals surface area (Å²) in [7, 11) is 0. The first-order valence-corrected chi connectivity index (χ1v) is 10.6. The SMILES string of the molecule is CCC1(CC)CC(N)CN1Cc1cccc2c1CN(C1CCC(=O)NC1=O)C2=O. The molecule has 0 bridgehead atoms. The molecule has 0 spiro atoms. The van der Waals surface area contributed by atoms with Crippen LogP contribution in [0.4, 0.5) is 0 Å². The molecule has 4 rings (SSSR count). The number of nitrogens with zero attached hydrogens (tertiary/aromatic N) is 2. The van der Waals surface area contributed by atoms with Crippen LogP contribution in [0.2, 0.25) is 0 Å². The van der Waals surface area contributed by atoms with Crippen molar-refractivity contribution in [3.8, 4) is 0 Å².